The summed E-state index contributed by atoms with van der Waals surface area (Å²) in [6, 6.07) is 0. The van der Waals surface area contributed by atoms with Gasteiger partial charge in [0, 0.05) is 24.2 Å². The lowest BCUT2D eigenvalue weighted by molar-refractivity contribution is -0.376. The molecule has 0 radical (unpaired) electrons. The molecule has 2 saturated heterocycles. The summed E-state index contributed by atoms with van der Waals surface area (Å²) in [5.41, 5.74) is -0.0196. The van der Waals surface area contributed by atoms with Crippen molar-refractivity contribution in [2.45, 2.75) is 70.2 Å². The van der Waals surface area contributed by atoms with Crippen LogP contribution in [0.1, 0.15) is 52.4 Å². The van der Waals surface area contributed by atoms with Crippen LogP contribution in [0.15, 0.2) is 0 Å². The minimum absolute atomic E-state index is 0.0196. The SMILES string of the molecule is CC1C(OCC(=O)O)OC23CC24C(CCCC14)CCC(C)(O)O3. The Morgan fingerprint density at radius 3 is 2.87 bits per heavy atom. The average Bonchev–Trinajstić information content (AvgIpc) is 3.10. The Morgan fingerprint density at radius 2 is 2.13 bits per heavy atom. The van der Waals surface area contributed by atoms with Crippen molar-refractivity contribution in [2.24, 2.45) is 23.2 Å². The van der Waals surface area contributed by atoms with E-state index >= 15 is 0 Å². The number of aliphatic hydroxyl groups is 1. The molecule has 6 heteroatoms. The molecule has 23 heavy (non-hydrogen) atoms. The number of hydrogen-bond acceptors (Lipinski definition) is 5. The van der Waals surface area contributed by atoms with Crippen LogP contribution in [0.25, 0.3) is 0 Å². The van der Waals surface area contributed by atoms with Crippen molar-refractivity contribution in [3.8, 4) is 0 Å². The van der Waals surface area contributed by atoms with Gasteiger partial charge >= 0.3 is 5.97 Å². The highest BCUT2D eigenvalue weighted by atomic mass is 16.8. The number of carboxylic acid groups (broad SMARTS) is 1. The first kappa shape index (κ1) is 15.8. The average molecular weight is 326 g/mol. The predicted molar refractivity (Wildman–Crippen MR) is 79.2 cm³/mol. The molecule has 1 spiro atoms. The normalized spacial score (nSPS) is 54.6. The lowest BCUT2D eigenvalue weighted by Crippen LogP contribution is -2.53. The van der Waals surface area contributed by atoms with Crippen LogP contribution >= 0.6 is 0 Å². The second kappa shape index (κ2) is 4.91. The van der Waals surface area contributed by atoms with E-state index in [9.17, 15) is 9.90 Å². The number of carbonyl (C=O) groups is 1. The maximum atomic E-state index is 10.8. The first-order valence-electron chi connectivity index (χ1n) is 8.73. The summed E-state index contributed by atoms with van der Waals surface area (Å²) in [5, 5.41) is 19.4. The molecule has 2 aliphatic carbocycles. The van der Waals surface area contributed by atoms with Gasteiger partial charge in [-0.2, -0.15) is 0 Å². The van der Waals surface area contributed by atoms with Gasteiger partial charge in [0.05, 0.1) is 0 Å². The van der Waals surface area contributed by atoms with Crippen molar-refractivity contribution in [3.05, 3.63) is 0 Å². The molecule has 0 amide bonds. The van der Waals surface area contributed by atoms with E-state index in [2.05, 4.69) is 6.92 Å². The topological polar surface area (TPSA) is 85.2 Å². The van der Waals surface area contributed by atoms with Crippen molar-refractivity contribution in [2.75, 3.05) is 6.61 Å². The third kappa shape index (κ3) is 2.18. The molecule has 2 N–H and O–H groups in total. The van der Waals surface area contributed by atoms with Gasteiger partial charge in [-0.05, 0) is 38.0 Å². The molecule has 2 saturated carbocycles. The van der Waals surface area contributed by atoms with Crippen molar-refractivity contribution < 1.29 is 29.2 Å². The molecule has 0 bridgehead atoms. The zero-order valence-electron chi connectivity index (χ0n) is 13.8. The summed E-state index contributed by atoms with van der Waals surface area (Å²) in [5.74, 6) is -1.93. The van der Waals surface area contributed by atoms with Crippen LogP contribution < -0.4 is 0 Å². The maximum Gasteiger partial charge on any atom is 0.329 e. The van der Waals surface area contributed by atoms with Crippen LogP contribution in [0.2, 0.25) is 0 Å². The van der Waals surface area contributed by atoms with Crippen LogP contribution in [0.4, 0.5) is 0 Å². The number of ether oxygens (including phenoxy) is 3. The molecule has 7 atom stereocenters. The van der Waals surface area contributed by atoms with Crippen LogP contribution in [-0.4, -0.2) is 40.7 Å². The van der Waals surface area contributed by atoms with Crippen molar-refractivity contribution in [1.29, 1.82) is 0 Å². The van der Waals surface area contributed by atoms with E-state index in [0.29, 0.717) is 18.3 Å². The van der Waals surface area contributed by atoms with Crippen LogP contribution in [0.3, 0.4) is 0 Å². The Labute approximate surface area is 136 Å². The Kier molecular flexibility index (Phi) is 3.38. The molecule has 6 nitrogen and oxygen atoms in total. The summed E-state index contributed by atoms with van der Waals surface area (Å²) in [4.78, 5) is 10.8. The first-order valence-corrected chi connectivity index (χ1v) is 8.73. The molecule has 4 aliphatic rings. The molecule has 4 rings (SSSR count). The highest BCUT2D eigenvalue weighted by molar-refractivity contribution is 5.68. The van der Waals surface area contributed by atoms with Gasteiger partial charge in [-0.15, -0.1) is 0 Å². The quantitative estimate of drug-likeness (QED) is 0.826. The van der Waals surface area contributed by atoms with E-state index in [1.165, 1.54) is 6.42 Å². The third-order valence-electron chi connectivity index (χ3n) is 6.65. The first-order chi connectivity index (χ1) is 10.8. The lowest BCUT2D eigenvalue weighted by atomic mass is 9.62. The Bertz CT molecular complexity index is 519. The molecule has 130 valence electrons. The van der Waals surface area contributed by atoms with E-state index in [0.717, 1.165) is 25.7 Å². The predicted octanol–water partition coefficient (Wildman–Crippen LogP) is 2.10. The second-order valence-corrected chi connectivity index (χ2v) is 8.07. The van der Waals surface area contributed by atoms with Crippen LogP contribution in [0, 0.1) is 23.2 Å². The highest BCUT2D eigenvalue weighted by Crippen LogP contribution is 2.77. The summed E-state index contributed by atoms with van der Waals surface area (Å²) in [7, 11) is 0. The van der Waals surface area contributed by atoms with Gasteiger partial charge < -0.3 is 24.4 Å². The largest absolute Gasteiger partial charge is 0.480 e. The monoisotopic (exact) mass is 326 g/mol. The number of hydrogen-bond donors (Lipinski definition) is 2. The fraction of sp³-hybridized carbons (Fsp3) is 0.941. The molecule has 0 aromatic rings. The van der Waals surface area contributed by atoms with Gasteiger partial charge in [0.25, 0.3) is 0 Å². The Morgan fingerprint density at radius 1 is 1.35 bits per heavy atom. The summed E-state index contributed by atoms with van der Waals surface area (Å²) in [6.07, 6.45) is 5.22. The minimum atomic E-state index is -1.19. The van der Waals surface area contributed by atoms with Crippen molar-refractivity contribution >= 4 is 5.97 Å². The lowest BCUT2D eigenvalue weighted by Gasteiger charge is -2.49. The summed E-state index contributed by atoms with van der Waals surface area (Å²) < 4.78 is 17.8. The smallest absolute Gasteiger partial charge is 0.329 e. The van der Waals surface area contributed by atoms with E-state index < -0.39 is 23.8 Å². The Balaban J connectivity index is 1.66. The number of carboxylic acids is 1. The van der Waals surface area contributed by atoms with Gasteiger partial charge in [0.15, 0.2) is 17.9 Å². The van der Waals surface area contributed by atoms with E-state index in [-0.39, 0.29) is 17.9 Å². The molecular formula is C17H26O6. The Hall–Kier alpha value is -0.690. The molecular weight excluding hydrogens is 300 g/mol. The highest BCUT2D eigenvalue weighted by Gasteiger charge is 2.82. The molecule has 0 aromatic carbocycles. The van der Waals surface area contributed by atoms with Crippen LogP contribution in [0.5, 0.6) is 0 Å². The molecule has 0 aromatic heterocycles. The van der Waals surface area contributed by atoms with Crippen LogP contribution in [-0.2, 0) is 19.0 Å². The van der Waals surface area contributed by atoms with Crippen molar-refractivity contribution in [3.63, 3.8) is 0 Å². The van der Waals surface area contributed by atoms with Gasteiger partial charge in [0.2, 0.25) is 0 Å². The minimum Gasteiger partial charge on any atom is -0.480 e. The molecule has 7 unspecified atom stereocenters. The number of rotatable bonds is 3. The number of aliphatic carboxylic acids is 1. The van der Waals surface area contributed by atoms with E-state index in [1.54, 1.807) is 6.92 Å². The zero-order chi connectivity index (χ0) is 16.5. The van der Waals surface area contributed by atoms with E-state index in [4.69, 9.17) is 19.3 Å². The van der Waals surface area contributed by atoms with Gasteiger partial charge in [0.1, 0.15) is 6.61 Å². The summed E-state index contributed by atoms with van der Waals surface area (Å²) in [6.45, 7) is 3.43. The van der Waals surface area contributed by atoms with Gasteiger partial charge in [-0.25, -0.2) is 4.79 Å². The zero-order valence-corrected chi connectivity index (χ0v) is 13.8. The molecule has 2 aliphatic heterocycles. The second-order valence-electron chi connectivity index (χ2n) is 8.07. The van der Waals surface area contributed by atoms with Crippen molar-refractivity contribution in [1.82, 2.24) is 0 Å². The third-order valence-corrected chi connectivity index (χ3v) is 6.65. The summed E-state index contributed by atoms with van der Waals surface area (Å²) >= 11 is 0. The fourth-order valence-electron chi connectivity index (χ4n) is 5.72. The van der Waals surface area contributed by atoms with E-state index in [1.807, 2.05) is 0 Å². The molecule has 2 heterocycles. The van der Waals surface area contributed by atoms with Gasteiger partial charge in [-0.1, -0.05) is 13.3 Å². The van der Waals surface area contributed by atoms with Gasteiger partial charge in [-0.3, -0.25) is 0 Å². The molecule has 4 fully saturated rings. The fourth-order valence-corrected chi connectivity index (χ4v) is 5.72. The standard InChI is InChI=1S/C17H26O6/c1-10-12-5-3-4-11-6-7-15(2,20)23-17(9-16(11,12)17)22-14(10)21-8-13(18)19/h10-12,14,20H,3-9H2,1-2H3,(H,18,19). The maximum absolute atomic E-state index is 10.8.